The van der Waals surface area contributed by atoms with Gasteiger partial charge >= 0.3 is 5.97 Å². The lowest BCUT2D eigenvalue weighted by Gasteiger charge is -2.40. The van der Waals surface area contributed by atoms with E-state index in [2.05, 4.69) is 0 Å². The van der Waals surface area contributed by atoms with Gasteiger partial charge in [0.15, 0.2) is 0 Å². The van der Waals surface area contributed by atoms with Crippen LogP contribution in [0.2, 0.25) is 5.02 Å². The molecule has 0 aliphatic carbocycles. The Balaban J connectivity index is 1.57. The Morgan fingerprint density at radius 1 is 1.03 bits per heavy atom. The summed E-state index contributed by atoms with van der Waals surface area (Å²) in [5.41, 5.74) is 1.76. The second-order valence-electron chi connectivity index (χ2n) is 10.4. The molecule has 1 aliphatic rings. The van der Waals surface area contributed by atoms with Gasteiger partial charge in [-0.15, -0.1) is 0 Å². The summed E-state index contributed by atoms with van der Waals surface area (Å²) in [7, 11) is 0. The summed E-state index contributed by atoms with van der Waals surface area (Å²) in [5.74, 6) is -1.05. The maximum atomic E-state index is 13.8. The smallest absolute Gasteiger partial charge is 0.312 e. The van der Waals surface area contributed by atoms with Crippen LogP contribution < -0.4 is 14.5 Å². The predicted molar refractivity (Wildman–Crippen MR) is 153 cm³/mol. The van der Waals surface area contributed by atoms with Gasteiger partial charge in [0.1, 0.15) is 12.4 Å². The van der Waals surface area contributed by atoms with Crippen LogP contribution in [0.25, 0.3) is 0 Å². The number of aliphatic carboxylic acids is 1. The van der Waals surface area contributed by atoms with Crippen LogP contribution in [-0.2, 0) is 9.59 Å². The Morgan fingerprint density at radius 3 is 2.28 bits per heavy atom. The lowest BCUT2D eigenvalue weighted by Crippen LogP contribution is -2.46. The third-order valence-electron chi connectivity index (χ3n) is 7.11. The highest BCUT2D eigenvalue weighted by molar-refractivity contribution is 6.30. The number of hydrogen-bond acceptors (Lipinski definition) is 4. The van der Waals surface area contributed by atoms with Gasteiger partial charge < -0.3 is 19.6 Å². The molecule has 0 saturated heterocycles. The van der Waals surface area contributed by atoms with E-state index in [-0.39, 0.29) is 24.5 Å². The molecule has 7 nitrogen and oxygen atoms in total. The normalized spacial score (nSPS) is 16.8. The maximum Gasteiger partial charge on any atom is 0.312 e. The molecule has 3 aromatic carbocycles. The van der Waals surface area contributed by atoms with E-state index in [1.807, 2.05) is 50.2 Å². The average Bonchev–Trinajstić information content (AvgIpc) is 2.92. The molecule has 4 rings (SSSR count). The van der Waals surface area contributed by atoms with Gasteiger partial charge in [0.25, 0.3) is 5.91 Å². The summed E-state index contributed by atoms with van der Waals surface area (Å²) in [5, 5.41) is 9.90. The van der Waals surface area contributed by atoms with Crippen molar-refractivity contribution < 1.29 is 24.2 Å². The van der Waals surface area contributed by atoms with Gasteiger partial charge in [-0.3, -0.25) is 14.4 Å². The first kappa shape index (κ1) is 28.2. The summed E-state index contributed by atoms with van der Waals surface area (Å²) in [6, 6.07) is 21.3. The van der Waals surface area contributed by atoms with Crippen molar-refractivity contribution in [2.24, 2.45) is 5.41 Å². The molecule has 0 aromatic heterocycles. The van der Waals surface area contributed by atoms with E-state index in [1.165, 1.54) is 0 Å². The molecule has 1 heterocycles. The highest BCUT2D eigenvalue weighted by Gasteiger charge is 2.39. The van der Waals surface area contributed by atoms with Crippen LogP contribution in [0.1, 0.15) is 56.0 Å². The van der Waals surface area contributed by atoms with Crippen molar-refractivity contribution in [1.29, 1.82) is 0 Å². The summed E-state index contributed by atoms with van der Waals surface area (Å²) in [6.07, 6.45) is 0.483. The molecule has 0 radical (unpaired) electrons. The number of likely N-dealkylation sites (N-methyl/N-ethyl adjacent to an activating group) is 1. The Kier molecular flexibility index (Phi) is 8.31. The van der Waals surface area contributed by atoms with Crippen molar-refractivity contribution in [3.8, 4) is 5.75 Å². The fourth-order valence-corrected chi connectivity index (χ4v) is 4.92. The minimum absolute atomic E-state index is 0.00633. The summed E-state index contributed by atoms with van der Waals surface area (Å²) in [6.45, 7) is 7.60. The first-order valence-corrected chi connectivity index (χ1v) is 13.4. The predicted octanol–water partition coefficient (Wildman–Crippen LogP) is 6.41. The van der Waals surface area contributed by atoms with Crippen LogP contribution in [0.5, 0.6) is 5.75 Å². The van der Waals surface area contributed by atoms with E-state index in [0.717, 1.165) is 16.9 Å². The second kappa shape index (κ2) is 11.5. The molecule has 3 aromatic rings. The third-order valence-corrected chi connectivity index (χ3v) is 7.36. The standard InChI is InChI=1S/C31H33ClN2O5/c1-5-33(23-14-12-22(32)13-15-23)29(36)26-18-20(2)34(27-9-7-6-8-25(26)27)28(35)21-10-16-24(17-11-21)39-19-31(3,4)30(37)38/h6-17,20,26H,5,18-19H2,1-4H3,(H,37,38)/t20-,26-/m0/s1. The fourth-order valence-electron chi connectivity index (χ4n) is 4.79. The third kappa shape index (κ3) is 5.93. The van der Waals surface area contributed by atoms with E-state index in [9.17, 15) is 19.5 Å². The number of hydrogen-bond donors (Lipinski definition) is 1. The van der Waals surface area contributed by atoms with E-state index in [1.54, 1.807) is 60.0 Å². The van der Waals surface area contributed by atoms with Gasteiger partial charge in [-0.2, -0.15) is 0 Å². The van der Waals surface area contributed by atoms with Crippen molar-refractivity contribution in [3.05, 3.63) is 88.9 Å². The van der Waals surface area contributed by atoms with Crippen LogP contribution in [0, 0.1) is 5.41 Å². The molecular weight excluding hydrogens is 516 g/mol. The molecule has 0 fully saturated rings. The van der Waals surface area contributed by atoms with Gasteiger partial charge in [-0.25, -0.2) is 0 Å². The second-order valence-corrected chi connectivity index (χ2v) is 10.9. The molecule has 0 unspecified atom stereocenters. The molecular formula is C31H33ClN2O5. The first-order valence-electron chi connectivity index (χ1n) is 13.0. The largest absolute Gasteiger partial charge is 0.492 e. The highest BCUT2D eigenvalue weighted by atomic mass is 35.5. The number of amides is 2. The number of ether oxygens (including phenoxy) is 1. The zero-order valence-corrected chi connectivity index (χ0v) is 23.3. The van der Waals surface area contributed by atoms with Gasteiger partial charge in [-0.05, 0) is 94.3 Å². The monoisotopic (exact) mass is 548 g/mol. The number of fused-ring (bicyclic) bond motifs is 1. The van der Waals surface area contributed by atoms with E-state index >= 15 is 0 Å². The van der Waals surface area contributed by atoms with Gasteiger partial charge in [0.05, 0.1) is 11.3 Å². The number of rotatable bonds is 8. The van der Waals surface area contributed by atoms with Crippen molar-refractivity contribution in [2.45, 2.75) is 46.1 Å². The molecule has 0 bridgehead atoms. The van der Waals surface area contributed by atoms with Crippen LogP contribution >= 0.6 is 11.6 Å². The molecule has 1 N–H and O–H groups in total. The quantitative estimate of drug-likeness (QED) is 0.352. The molecule has 8 heteroatoms. The minimum atomic E-state index is -1.03. The Hall–Kier alpha value is -3.84. The zero-order chi connectivity index (χ0) is 28.3. The van der Waals surface area contributed by atoms with Gasteiger partial charge in [0, 0.05) is 34.5 Å². The zero-order valence-electron chi connectivity index (χ0n) is 22.6. The van der Waals surface area contributed by atoms with Gasteiger partial charge in [0.2, 0.25) is 5.91 Å². The summed E-state index contributed by atoms with van der Waals surface area (Å²) in [4.78, 5) is 42.4. The molecule has 39 heavy (non-hydrogen) atoms. The number of benzene rings is 3. The number of anilines is 2. The van der Waals surface area contributed by atoms with E-state index < -0.39 is 17.3 Å². The molecule has 204 valence electrons. The lowest BCUT2D eigenvalue weighted by molar-refractivity contribution is -0.148. The van der Waals surface area contributed by atoms with Crippen LogP contribution in [0.3, 0.4) is 0 Å². The Labute approximate surface area is 233 Å². The Bertz CT molecular complexity index is 1350. The minimum Gasteiger partial charge on any atom is -0.492 e. The number of nitrogens with zero attached hydrogens (tertiary/aromatic N) is 2. The summed E-state index contributed by atoms with van der Waals surface area (Å²) >= 11 is 6.05. The van der Waals surface area contributed by atoms with Crippen LogP contribution in [0.15, 0.2) is 72.8 Å². The fraction of sp³-hybridized carbons (Fsp3) is 0.323. The van der Waals surface area contributed by atoms with Crippen LogP contribution in [0.4, 0.5) is 11.4 Å². The van der Waals surface area contributed by atoms with Crippen molar-refractivity contribution in [1.82, 2.24) is 0 Å². The number of carboxylic acid groups (broad SMARTS) is 1. The van der Waals surface area contributed by atoms with Gasteiger partial charge in [-0.1, -0.05) is 29.8 Å². The first-order chi connectivity index (χ1) is 18.5. The number of carbonyl (C=O) groups excluding carboxylic acids is 2. The lowest BCUT2D eigenvalue weighted by atomic mass is 9.84. The topological polar surface area (TPSA) is 87.2 Å². The number of carboxylic acids is 1. The van der Waals surface area contributed by atoms with Crippen molar-refractivity contribution >= 4 is 40.8 Å². The summed E-state index contributed by atoms with van der Waals surface area (Å²) < 4.78 is 5.65. The van der Waals surface area contributed by atoms with E-state index in [4.69, 9.17) is 16.3 Å². The number of halogens is 1. The average molecular weight is 549 g/mol. The molecule has 2 amide bonds. The van der Waals surface area contributed by atoms with Crippen LogP contribution in [-0.4, -0.2) is 42.1 Å². The van der Waals surface area contributed by atoms with Crippen molar-refractivity contribution in [3.63, 3.8) is 0 Å². The highest BCUT2D eigenvalue weighted by Crippen LogP contribution is 2.41. The SMILES string of the molecule is CCN(C(=O)[C@H]1C[C@H](C)N(C(=O)c2ccc(OCC(C)(C)C(=O)O)cc2)c2ccccc21)c1ccc(Cl)cc1. The maximum absolute atomic E-state index is 13.8. The molecule has 0 saturated carbocycles. The molecule has 2 atom stereocenters. The van der Waals surface area contributed by atoms with Crippen molar-refractivity contribution in [2.75, 3.05) is 23.0 Å². The van der Waals surface area contributed by atoms with E-state index in [0.29, 0.717) is 29.3 Å². The molecule has 0 spiro atoms. The molecule has 1 aliphatic heterocycles. The Morgan fingerprint density at radius 2 is 1.67 bits per heavy atom. The number of para-hydroxylation sites is 1. The number of carbonyl (C=O) groups is 3.